The SMILES string of the molecule is C=C(/N=C(/OC)C(=C)Cl)OCCn1c(C)nc2cc(C(F)(F)F)cc(C#N)c2c1=O. The molecule has 0 fully saturated rings. The monoisotopic (exact) mass is 440 g/mol. The molecule has 0 amide bonds. The van der Waals surface area contributed by atoms with Gasteiger partial charge in [0.25, 0.3) is 5.56 Å². The highest BCUT2D eigenvalue weighted by molar-refractivity contribution is 6.41. The molecule has 1 aromatic carbocycles. The molecular weight excluding hydrogens is 425 g/mol. The third-order valence-electron chi connectivity index (χ3n) is 3.93. The number of nitrogens with zero attached hydrogens (tertiary/aromatic N) is 4. The van der Waals surface area contributed by atoms with Gasteiger partial charge in [-0.3, -0.25) is 9.36 Å². The summed E-state index contributed by atoms with van der Waals surface area (Å²) in [5.41, 5.74) is -2.33. The number of benzene rings is 1. The summed E-state index contributed by atoms with van der Waals surface area (Å²) in [6, 6.07) is 3.00. The number of ether oxygens (including phenoxy) is 2. The van der Waals surface area contributed by atoms with Crippen LogP contribution in [-0.4, -0.2) is 29.2 Å². The number of nitriles is 1. The van der Waals surface area contributed by atoms with Crippen molar-refractivity contribution in [1.82, 2.24) is 9.55 Å². The fraction of sp³-hybridized carbons (Fsp3) is 0.263. The van der Waals surface area contributed by atoms with Crippen molar-refractivity contribution in [3.05, 3.63) is 63.5 Å². The first-order valence-corrected chi connectivity index (χ1v) is 8.69. The summed E-state index contributed by atoms with van der Waals surface area (Å²) in [5, 5.41) is 9.07. The predicted octanol–water partition coefficient (Wildman–Crippen LogP) is 3.88. The average molecular weight is 441 g/mol. The van der Waals surface area contributed by atoms with E-state index in [-0.39, 0.29) is 46.7 Å². The van der Waals surface area contributed by atoms with Crippen molar-refractivity contribution in [2.24, 2.45) is 4.99 Å². The van der Waals surface area contributed by atoms with Gasteiger partial charge in [0.1, 0.15) is 18.5 Å². The van der Waals surface area contributed by atoms with Crippen LogP contribution in [0, 0.1) is 18.3 Å². The third kappa shape index (κ3) is 4.99. The summed E-state index contributed by atoms with van der Waals surface area (Å²) in [6.45, 7) is 8.41. The minimum Gasteiger partial charge on any atom is -0.480 e. The summed E-state index contributed by atoms with van der Waals surface area (Å²) in [4.78, 5) is 20.7. The number of alkyl halides is 3. The molecule has 0 aliphatic carbocycles. The standard InChI is InChI=1S/C19H16ClF3N4O3/c1-10(20)17(29-4)26-12(3)30-6-5-27-11(2)25-15-8-14(19(21,22)23)7-13(9-24)16(15)18(27)28/h7-8H,1,3,5-6H2,2,4H3/b26-17+. The fourth-order valence-electron chi connectivity index (χ4n) is 2.59. The predicted molar refractivity (Wildman–Crippen MR) is 105 cm³/mol. The Hall–Kier alpha value is -3.32. The van der Waals surface area contributed by atoms with E-state index in [0.717, 1.165) is 6.07 Å². The second-order valence-electron chi connectivity index (χ2n) is 5.91. The van der Waals surface area contributed by atoms with Crippen molar-refractivity contribution >= 4 is 28.4 Å². The fourth-order valence-corrected chi connectivity index (χ4v) is 2.71. The van der Waals surface area contributed by atoms with Crippen LogP contribution in [0.1, 0.15) is 17.0 Å². The molecule has 0 bridgehead atoms. The first-order chi connectivity index (χ1) is 14.0. The Bertz CT molecular complexity index is 1150. The van der Waals surface area contributed by atoms with Gasteiger partial charge >= 0.3 is 6.18 Å². The van der Waals surface area contributed by atoms with E-state index in [1.54, 1.807) is 6.07 Å². The number of fused-ring (bicyclic) bond motifs is 1. The molecule has 0 atom stereocenters. The minimum absolute atomic E-state index is 0.00140. The van der Waals surface area contributed by atoms with E-state index >= 15 is 0 Å². The zero-order chi connectivity index (χ0) is 22.6. The maximum absolute atomic E-state index is 13.0. The maximum atomic E-state index is 13.0. The summed E-state index contributed by atoms with van der Waals surface area (Å²) in [6.07, 6.45) is -4.67. The highest BCUT2D eigenvalue weighted by atomic mass is 35.5. The maximum Gasteiger partial charge on any atom is 0.416 e. The van der Waals surface area contributed by atoms with Gasteiger partial charge in [0.2, 0.25) is 11.8 Å². The van der Waals surface area contributed by atoms with Crippen molar-refractivity contribution in [2.75, 3.05) is 13.7 Å². The summed E-state index contributed by atoms with van der Waals surface area (Å²) in [7, 11) is 1.33. The molecule has 0 radical (unpaired) electrons. The van der Waals surface area contributed by atoms with Gasteiger partial charge in [-0.1, -0.05) is 18.2 Å². The van der Waals surface area contributed by atoms with Crippen LogP contribution in [0.15, 0.2) is 46.0 Å². The van der Waals surface area contributed by atoms with Crippen LogP contribution in [0.3, 0.4) is 0 Å². The number of methoxy groups -OCH3 is 1. The quantitative estimate of drug-likeness (QED) is 0.386. The Morgan fingerprint density at radius 2 is 2.07 bits per heavy atom. The van der Waals surface area contributed by atoms with Crippen LogP contribution in [0.2, 0.25) is 0 Å². The van der Waals surface area contributed by atoms with E-state index < -0.39 is 22.9 Å². The Balaban J connectivity index is 2.36. The van der Waals surface area contributed by atoms with Gasteiger partial charge in [-0.05, 0) is 25.6 Å². The number of halogens is 4. The second-order valence-corrected chi connectivity index (χ2v) is 6.37. The third-order valence-corrected chi connectivity index (χ3v) is 4.09. The molecular formula is C19H16ClF3N4O3. The Morgan fingerprint density at radius 3 is 2.60 bits per heavy atom. The van der Waals surface area contributed by atoms with E-state index in [4.69, 9.17) is 21.1 Å². The summed E-state index contributed by atoms with van der Waals surface area (Å²) >= 11 is 5.69. The minimum atomic E-state index is -4.67. The molecule has 0 saturated heterocycles. The largest absolute Gasteiger partial charge is 0.480 e. The summed E-state index contributed by atoms with van der Waals surface area (Å²) in [5.74, 6) is 0.0993. The molecule has 0 unspecified atom stereocenters. The lowest BCUT2D eigenvalue weighted by atomic mass is 10.1. The molecule has 0 N–H and O–H groups in total. The molecule has 7 nitrogen and oxygen atoms in total. The highest BCUT2D eigenvalue weighted by Crippen LogP contribution is 2.32. The normalized spacial score (nSPS) is 11.8. The molecule has 11 heteroatoms. The van der Waals surface area contributed by atoms with Gasteiger partial charge in [0.15, 0.2) is 0 Å². The van der Waals surface area contributed by atoms with E-state index in [2.05, 4.69) is 23.1 Å². The van der Waals surface area contributed by atoms with Crippen LogP contribution < -0.4 is 5.56 Å². The lowest BCUT2D eigenvalue weighted by Crippen LogP contribution is -2.26. The topological polar surface area (TPSA) is 89.5 Å². The van der Waals surface area contributed by atoms with Gasteiger partial charge < -0.3 is 9.47 Å². The zero-order valence-electron chi connectivity index (χ0n) is 16.0. The number of aryl methyl sites for hydroxylation is 1. The molecule has 0 aliphatic heterocycles. The number of hydrogen-bond donors (Lipinski definition) is 0. The molecule has 1 heterocycles. The van der Waals surface area contributed by atoms with Gasteiger partial charge in [0, 0.05) is 0 Å². The molecule has 158 valence electrons. The van der Waals surface area contributed by atoms with Gasteiger partial charge in [0.05, 0.1) is 40.7 Å². The molecule has 0 aliphatic rings. The first kappa shape index (κ1) is 23.0. The molecule has 2 aromatic rings. The summed E-state index contributed by atoms with van der Waals surface area (Å²) < 4.78 is 50.5. The number of aliphatic imine (C=N–C) groups is 1. The number of aromatic nitrogens is 2. The van der Waals surface area contributed by atoms with Crippen LogP contribution >= 0.6 is 11.6 Å². The number of rotatable bonds is 6. The molecule has 2 rings (SSSR count). The smallest absolute Gasteiger partial charge is 0.416 e. The Labute approximate surface area is 174 Å². The zero-order valence-corrected chi connectivity index (χ0v) is 16.8. The second kappa shape index (κ2) is 9.00. The van der Waals surface area contributed by atoms with Crippen molar-refractivity contribution in [3.63, 3.8) is 0 Å². The van der Waals surface area contributed by atoms with Gasteiger partial charge in [-0.15, -0.1) is 0 Å². The first-order valence-electron chi connectivity index (χ1n) is 8.31. The number of hydrogen-bond acceptors (Lipinski definition) is 6. The van der Waals surface area contributed by atoms with E-state index in [0.29, 0.717) is 6.07 Å². The van der Waals surface area contributed by atoms with E-state index in [9.17, 15) is 23.2 Å². The molecule has 0 saturated carbocycles. The van der Waals surface area contributed by atoms with Crippen LogP contribution in [0.5, 0.6) is 0 Å². The van der Waals surface area contributed by atoms with Crippen LogP contribution in [0.4, 0.5) is 13.2 Å². The molecule has 1 aromatic heterocycles. The van der Waals surface area contributed by atoms with Crippen molar-refractivity contribution in [3.8, 4) is 6.07 Å². The average Bonchev–Trinajstić information content (AvgIpc) is 2.66. The Kier molecular flexibility index (Phi) is 6.89. The highest BCUT2D eigenvalue weighted by Gasteiger charge is 2.32. The molecule has 30 heavy (non-hydrogen) atoms. The van der Waals surface area contributed by atoms with Crippen LogP contribution in [-0.2, 0) is 22.2 Å². The lowest BCUT2D eigenvalue weighted by Gasteiger charge is -2.14. The van der Waals surface area contributed by atoms with Crippen molar-refractivity contribution < 1.29 is 22.6 Å². The molecule has 0 spiro atoms. The van der Waals surface area contributed by atoms with Crippen molar-refractivity contribution in [2.45, 2.75) is 19.6 Å². The lowest BCUT2D eigenvalue weighted by molar-refractivity contribution is -0.137. The van der Waals surface area contributed by atoms with Gasteiger partial charge in [-0.2, -0.15) is 23.4 Å². The Morgan fingerprint density at radius 1 is 1.40 bits per heavy atom. The van der Waals surface area contributed by atoms with Gasteiger partial charge in [-0.25, -0.2) is 4.98 Å². The van der Waals surface area contributed by atoms with Crippen LogP contribution in [0.25, 0.3) is 10.9 Å². The van der Waals surface area contributed by atoms with E-state index in [1.165, 1.54) is 18.6 Å². The van der Waals surface area contributed by atoms with Crippen molar-refractivity contribution in [1.29, 1.82) is 5.26 Å². The van der Waals surface area contributed by atoms with E-state index in [1.807, 2.05) is 0 Å².